The van der Waals surface area contributed by atoms with Crippen molar-refractivity contribution in [2.75, 3.05) is 7.11 Å². The summed E-state index contributed by atoms with van der Waals surface area (Å²) in [6.07, 6.45) is 4.84. The van der Waals surface area contributed by atoms with E-state index in [2.05, 4.69) is 10.3 Å². The predicted octanol–water partition coefficient (Wildman–Crippen LogP) is 2.63. The van der Waals surface area contributed by atoms with Gasteiger partial charge in [0.1, 0.15) is 5.76 Å². The zero-order chi connectivity index (χ0) is 14.8. The zero-order valence-electron chi connectivity index (χ0n) is 11.6. The van der Waals surface area contributed by atoms with Gasteiger partial charge >= 0.3 is 0 Å². The highest BCUT2D eigenvalue weighted by Crippen LogP contribution is 2.43. The topological polar surface area (TPSA) is 64.4 Å². The van der Waals surface area contributed by atoms with Gasteiger partial charge in [-0.25, -0.2) is 9.37 Å². The minimum absolute atomic E-state index is 0.170. The summed E-state index contributed by atoms with van der Waals surface area (Å²) in [5, 5.41) is 2.71. The van der Waals surface area contributed by atoms with Crippen molar-refractivity contribution in [1.29, 1.82) is 0 Å². The SMILES string of the molecule is COc1cc(C2CC2)c(C(=O)NCc2cnco2)cc1F. The van der Waals surface area contributed by atoms with Crippen LogP contribution in [0.25, 0.3) is 0 Å². The number of amides is 1. The molecule has 1 aliphatic rings. The van der Waals surface area contributed by atoms with Crippen molar-refractivity contribution in [3.05, 3.63) is 47.4 Å². The van der Waals surface area contributed by atoms with Gasteiger partial charge in [-0.1, -0.05) is 0 Å². The van der Waals surface area contributed by atoms with Gasteiger partial charge in [0, 0.05) is 5.56 Å². The Morgan fingerprint density at radius 3 is 2.95 bits per heavy atom. The standard InChI is InChI=1S/C15H15FN2O3/c1-20-14-5-11(9-2-3-9)12(4-13(14)16)15(19)18-7-10-6-17-8-21-10/h4-6,8-9H,2-3,7H2,1H3,(H,18,19). The lowest BCUT2D eigenvalue weighted by molar-refractivity contribution is 0.0946. The van der Waals surface area contributed by atoms with E-state index in [1.165, 1.54) is 25.8 Å². The van der Waals surface area contributed by atoms with Crippen LogP contribution in [0.15, 0.2) is 29.1 Å². The van der Waals surface area contributed by atoms with Gasteiger partial charge in [0.2, 0.25) is 0 Å². The van der Waals surface area contributed by atoms with Crippen molar-refractivity contribution in [3.8, 4) is 5.75 Å². The fraction of sp³-hybridized carbons (Fsp3) is 0.333. The third kappa shape index (κ3) is 2.89. The number of carbonyl (C=O) groups excluding carboxylic acids is 1. The molecule has 5 nitrogen and oxygen atoms in total. The smallest absolute Gasteiger partial charge is 0.252 e. The molecule has 1 heterocycles. The van der Waals surface area contributed by atoms with Crippen LogP contribution in [0, 0.1) is 5.82 Å². The Bertz CT molecular complexity index is 651. The Morgan fingerprint density at radius 1 is 1.52 bits per heavy atom. The van der Waals surface area contributed by atoms with Crippen molar-refractivity contribution in [1.82, 2.24) is 10.3 Å². The number of halogens is 1. The number of rotatable bonds is 5. The highest BCUT2D eigenvalue weighted by molar-refractivity contribution is 5.96. The van der Waals surface area contributed by atoms with Crippen LogP contribution in [0.3, 0.4) is 0 Å². The van der Waals surface area contributed by atoms with Crippen molar-refractivity contribution < 1.29 is 18.3 Å². The molecule has 0 spiro atoms. The molecule has 0 saturated heterocycles. The Kier molecular flexibility index (Phi) is 3.60. The van der Waals surface area contributed by atoms with Crippen LogP contribution in [-0.4, -0.2) is 18.0 Å². The summed E-state index contributed by atoms with van der Waals surface area (Å²) in [5.74, 6) is 0.168. The normalized spacial score (nSPS) is 14.0. The fourth-order valence-corrected chi connectivity index (χ4v) is 2.25. The van der Waals surface area contributed by atoms with Gasteiger partial charge < -0.3 is 14.5 Å². The van der Waals surface area contributed by atoms with Gasteiger partial charge in [0.05, 0.1) is 19.9 Å². The summed E-state index contributed by atoms with van der Waals surface area (Å²) >= 11 is 0. The highest BCUT2D eigenvalue weighted by atomic mass is 19.1. The summed E-state index contributed by atoms with van der Waals surface area (Å²) in [6.45, 7) is 0.219. The van der Waals surface area contributed by atoms with Crippen LogP contribution in [-0.2, 0) is 6.54 Å². The predicted molar refractivity (Wildman–Crippen MR) is 72.6 cm³/mol. The number of nitrogens with one attached hydrogen (secondary N) is 1. The monoisotopic (exact) mass is 290 g/mol. The molecule has 110 valence electrons. The number of oxazole rings is 1. The molecule has 1 aromatic heterocycles. The first-order valence-electron chi connectivity index (χ1n) is 6.72. The number of aromatic nitrogens is 1. The quantitative estimate of drug-likeness (QED) is 0.919. The number of benzene rings is 1. The van der Waals surface area contributed by atoms with Gasteiger partial charge in [-0.2, -0.15) is 0 Å². The van der Waals surface area contributed by atoms with Gasteiger partial charge in [-0.05, 0) is 36.5 Å². The van der Waals surface area contributed by atoms with Crippen LogP contribution in [0.4, 0.5) is 4.39 Å². The Hall–Kier alpha value is -2.37. The van der Waals surface area contributed by atoms with E-state index in [9.17, 15) is 9.18 Å². The van der Waals surface area contributed by atoms with Gasteiger partial charge in [0.15, 0.2) is 18.0 Å². The first-order valence-corrected chi connectivity index (χ1v) is 6.72. The molecule has 1 aromatic carbocycles. The Balaban J connectivity index is 1.82. The molecular formula is C15H15FN2O3. The highest BCUT2D eigenvalue weighted by Gasteiger charge is 2.29. The third-order valence-corrected chi connectivity index (χ3v) is 3.49. The molecule has 21 heavy (non-hydrogen) atoms. The Morgan fingerprint density at radius 2 is 2.33 bits per heavy atom. The number of hydrogen-bond acceptors (Lipinski definition) is 4. The molecule has 1 amide bonds. The molecule has 2 aromatic rings. The van der Waals surface area contributed by atoms with E-state index in [0.717, 1.165) is 18.4 Å². The molecule has 1 aliphatic carbocycles. The molecule has 1 saturated carbocycles. The second-order valence-corrected chi connectivity index (χ2v) is 5.00. The van der Waals surface area contributed by atoms with Gasteiger partial charge in [0.25, 0.3) is 5.91 Å². The lowest BCUT2D eigenvalue weighted by Gasteiger charge is -2.11. The first kappa shape index (κ1) is 13.6. The zero-order valence-corrected chi connectivity index (χ0v) is 11.6. The number of ether oxygens (including phenoxy) is 1. The number of methoxy groups -OCH3 is 1. The van der Waals surface area contributed by atoms with Crippen LogP contribution in [0.5, 0.6) is 5.75 Å². The van der Waals surface area contributed by atoms with Crippen molar-refractivity contribution >= 4 is 5.91 Å². The molecule has 0 bridgehead atoms. The van der Waals surface area contributed by atoms with Crippen LogP contribution < -0.4 is 10.1 Å². The number of carbonyl (C=O) groups is 1. The van der Waals surface area contributed by atoms with E-state index in [4.69, 9.17) is 9.15 Å². The maximum absolute atomic E-state index is 13.9. The van der Waals surface area contributed by atoms with Gasteiger partial charge in [-0.15, -0.1) is 0 Å². The van der Waals surface area contributed by atoms with Crippen molar-refractivity contribution in [2.24, 2.45) is 0 Å². The molecule has 0 radical (unpaired) electrons. The number of hydrogen-bond donors (Lipinski definition) is 1. The van der Waals surface area contributed by atoms with Crippen LogP contribution in [0.2, 0.25) is 0 Å². The van der Waals surface area contributed by atoms with Gasteiger partial charge in [-0.3, -0.25) is 4.79 Å². The van der Waals surface area contributed by atoms with Crippen molar-refractivity contribution in [3.63, 3.8) is 0 Å². The minimum Gasteiger partial charge on any atom is -0.494 e. The lowest BCUT2D eigenvalue weighted by Crippen LogP contribution is -2.24. The Labute approximate surface area is 121 Å². The largest absolute Gasteiger partial charge is 0.494 e. The second kappa shape index (κ2) is 5.55. The fourth-order valence-electron chi connectivity index (χ4n) is 2.25. The van der Waals surface area contributed by atoms with E-state index in [-0.39, 0.29) is 18.2 Å². The molecule has 0 atom stereocenters. The summed E-state index contributed by atoms with van der Waals surface area (Å²) in [6, 6.07) is 2.86. The molecular weight excluding hydrogens is 275 g/mol. The maximum Gasteiger partial charge on any atom is 0.252 e. The first-order chi connectivity index (χ1) is 10.2. The molecule has 0 aliphatic heterocycles. The number of nitrogens with zero attached hydrogens (tertiary/aromatic N) is 1. The van der Waals surface area contributed by atoms with E-state index < -0.39 is 5.82 Å². The molecule has 3 rings (SSSR count). The molecule has 1 fully saturated rings. The molecule has 0 unspecified atom stereocenters. The van der Waals surface area contributed by atoms with Crippen molar-refractivity contribution in [2.45, 2.75) is 25.3 Å². The average Bonchev–Trinajstić information content (AvgIpc) is 3.20. The average molecular weight is 290 g/mol. The van der Waals surface area contributed by atoms with E-state index in [1.807, 2.05) is 0 Å². The third-order valence-electron chi connectivity index (χ3n) is 3.49. The summed E-state index contributed by atoms with van der Waals surface area (Å²) in [4.78, 5) is 16.0. The molecule has 6 heteroatoms. The van der Waals surface area contributed by atoms with Crippen LogP contribution in [0.1, 0.15) is 40.4 Å². The molecule has 1 N–H and O–H groups in total. The second-order valence-electron chi connectivity index (χ2n) is 5.00. The maximum atomic E-state index is 13.9. The van der Waals surface area contributed by atoms with Crippen LogP contribution >= 0.6 is 0 Å². The summed E-state index contributed by atoms with van der Waals surface area (Å²) < 4.78 is 23.9. The van der Waals surface area contributed by atoms with E-state index >= 15 is 0 Å². The summed E-state index contributed by atoms with van der Waals surface area (Å²) in [7, 11) is 1.42. The minimum atomic E-state index is -0.535. The summed E-state index contributed by atoms with van der Waals surface area (Å²) in [5.41, 5.74) is 1.19. The van der Waals surface area contributed by atoms with E-state index in [0.29, 0.717) is 17.2 Å². The van der Waals surface area contributed by atoms with E-state index in [1.54, 1.807) is 6.07 Å². The lowest BCUT2D eigenvalue weighted by atomic mass is 10.0.